The number of nitrogens with zero attached hydrogens (tertiary/aromatic N) is 1. The monoisotopic (exact) mass is 548 g/mol. The van der Waals surface area contributed by atoms with Crippen molar-refractivity contribution in [1.82, 2.24) is 4.31 Å². The highest BCUT2D eigenvalue weighted by atomic mass is 32.2. The van der Waals surface area contributed by atoms with Gasteiger partial charge in [-0.25, -0.2) is 12.7 Å². The van der Waals surface area contributed by atoms with Gasteiger partial charge in [0.05, 0.1) is 11.5 Å². The maximum Gasteiger partial charge on any atom is 0.284 e. The second-order valence-electron chi connectivity index (χ2n) is 10.4. The Morgan fingerprint density at radius 2 is 1.37 bits per heavy atom. The summed E-state index contributed by atoms with van der Waals surface area (Å²) in [5.41, 5.74) is 6.24. The molecule has 0 unspecified atom stereocenters. The molecule has 4 rings (SSSR count). The standard InChI is InChI=1S/C29H32N2O5SSi/c1-21-15-17-22(18-16-21)37(34,35)31-26(27(32)19-25(30)28(31)33)20-36-38(29(2,3)4,23-11-7-5-8-12-23)24-13-9-6-10-14-24/h5-19,26H,20,30H2,1-4H3/t26-/m0/s1. The minimum absolute atomic E-state index is 0.102. The molecule has 7 nitrogen and oxygen atoms in total. The Labute approximate surface area is 225 Å². The van der Waals surface area contributed by atoms with Gasteiger partial charge in [0.25, 0.3) is 24.2 Å². The van der Waals surface area contributed by atoms with Crippen LogP contribution in [0.5, 0.6) is 0 Å². The summed E-state index contributed by atoms with van der Waals surface area (Å²) < 4.78 is 34.8. The minimum Gasteiger partial charge on any atom is -0.405 e. The molecule has 0 spiro atoms. The molecule has 0 saturated carbocycles. The molecule has 1 amide bonds. The van der Waals surface area contributed by atoms with Gasteiger partial charge in [0, 0.05) is 6.08 Å². The third-order valence-electron chi connectivity index (χ3n) is 6.81. The van der Waals surface area contributed by atoms with Crippen LogP contribution in [0.2, 0.25) is 5.04 Å². The summed E-state index contributed by atoms with van der Waals surface area (Å²) in [4.78, 5) is 26.3. The third-order valence-corrected chi connectivity index (χ3v) is 13.6. The van der Waals surface area contributed by atoms with Crippen LogP contribution in [-0.2, 0) is 24.0 Å². The summed E-state index contributed by atoms with van der Waals surface area (Å²) in [5, 5.41) is 1.53. The number of carbonyl (C=O) groups excluding carboxylic acids is 2. The molecule has 1 atom stereocenters. The second-order valence-corrected chi connectivity index (χ2v) is 16.5. The average Bonchev–Trinajstić information content (AvgIpc) is 2.88. The number of hydrogen-bond acceptors (Lipinski definition) is 6. The Kier molecular flexibility index (Phi) is 7.47. The van der Waals surface area contributed by atoms with Gasteiger partial charge in [-0.2, -0.15) is 0 Å². The van der Waals surface area contributed by atoms with Crippen LogP contribution >= 0.6 is 0 Å². The molecule has 3 aromatic rings. The highest BCUT2D eigenvalue weighted by Gasteiger charge is 2.52. The van der Waals surface area contributed by atoms with Crippen molar-refractivity contribution in [2.75, 3.05) is 6.61 Å². The molecule has 38 heavy (non-hydrogen) atoms. The third kappa shape index (κ3) is 4.84. The molecular formula is C29H32N2O5SSi. The van der Waals surface area contributed by atoms with Gasteiger partial charge in [-0.05, 0) is 34.5 Å². The highest BCUT2D eigenvalue weighted by molar-refractivity contribution is 7.89. The van der Waals surface area contributed by atoms with Crippen LogP contribution in [0.15, 0.2) is 102 Å². The van der Waals surface area contributed by atoms with Gasteiger partial charge in [-0.3, -0.25) is 9.59 Å². The predicted molar refractivity (Wildman–Crippen MR) is 150 cm³/mol. The molecule has 0 radical (unpaired) electrons. The van der Waals surface area contributed by atoms with Crippen molar-refractivity contribution >= 4 is 40.4 Å². The quantitative estimate of drug-likeness (QED) is 0.455. The van der Waals surface area contributed by atoms with Crippen molar-refractivity contribution in [3.8, 4) is 0 Å². The number of carbonyl (C=O) groups is 2. The van der Waals surface area contributed by atoms with Crippen LogP contribution in [0.25, 0.3) is 0 Å². The van der Waals surface area contributed by atoms with Crippen molar-refractivity contribution in [1.29, 1.82) is 0 Å². The second kappa shape index (κ2) is 10.3. The van der Waals surface area contributed by atoms with Crippen molar-refractivity contribution in [3.63, 3.8) is 0 Å². The maximum atomic E-state index is 13.7. The van der Waals surface area contributed by atoms with Gasteiger partial charge >= 0.3 is 0 Å². The lowest BCUT2D eigenvalue weighted by molar-refractivity contribution is -0.132. The van der Waals surface area contributed by atoms with Crippen LogP contribution in [0, 0.1) is 6.92 Å². The van der Waals surface area contributed by atoms with Gasteiger partial charge in [-0.1, -0.05) is 99.1 Å². The topological polar surface area (TPSA) is 107 Å². The summed E-state index contributed by atoms with van der Waals surface area (Å²) >= 11 is 0. The van der Waals surface area contributed by atoms with E-state index in [1.807, 2.05) is 67.6 Å². The molecule has 3 aromatic carbocycles. The van der Waals surface area contributed by atoms with Crippen LogP contribution in [0.1, 0.15) is 26.3 Å². The molecule has 0 bridgehead atoms. The average molecular weight is 549 g/mol. The Balaban J connectivity index is 1.83. The summed E-state index contributed by atoms with van der Waals surface area (Å²) in [6.45, 7) is 7.74. The normalized spacial score (nSPS) is 16.9. The molecule has 1 aliphatic heterocycles. The molecular weight excluding hydrogens is 516 g/mol. The smallest absolute Gasteiger partial charge is 0.284 e. The van der Waals surface area contributed by atoms with E-state index in [9.17, 15) is 18.0 Å². The van der Waals surface area contributed by atoms with E-state index in [0.29, 0.717) is 4.31 Å². The largest absolute Gasteiger partial charge is 0.405 e. The van der Waals surface area contributed by atoms with E-state index in [1.165, 1.54) is 12.1 Å². The number of nitrogens with two attached hydrogens (primary N) is 1. The summed E-state index contributed by atoms with van der Waals surface area (Å²) in [7, 11) is -7.51. The fourth-order valence-corrected chi connectivity index (χ4v) is 11.0. The van der Waals surface area contributed by atoms with Crippen molar-refractivity contribution in [2.45, 2.75) is 43.7 Å². The van der Waals surface area contributed by atoms with Gasteiger partial charge in [0.1, 0.15) is 11.7 Å². The summed E-state index contributed by atoms with van der Waals surface area (Å²) in [6, 6.07) is 24.3. The van der Waals surface area contributed by atoms with Gasteiger partial charge in [0.15, 0.2) is 5.78 Å². The number of hydrogen-bond donors (Lipinski definition) is 1. The molecule has 9 heteroatoms. The first kappa shape index (κ1) is 27.5. The van der Waals surface area contributed by atoms with Crippen LogP contribution in [0.4, 0.5) is 0 Å². The molecule has 0 aliphatic carbocycles. The molecule has 0 fully saturated rings. The van der Waals surface area contributed by atoms with E-state index < -0.39 is 46.8 Å². The molecule has 0 saturated heterocycles. The maximum absolute atomic E-state index is 13.7. The Hall–Kier alpha value is -3.53. The number of amides is 1. The number of rotatable bonds is 7. The zero-order chi connectivity index (χ0) is 27.7. The lowest BCUT2D eigenvalue weighted by Crippen LogP contribution is -2.68. The van der Waals surface area contributed by atoms with E-state index in [0.717, 1.165) is 22.0 Å². The SMILES string of the molecule is Cc1ccc(S(=O)(=O)N2C(=O)C(N)=CC(=O)[C@@H]2CO[Si](c2ccccc2)(c2ccccc2)C(C)(C)C)cc1. The minimum atomic E-state index is -4.40. The van der Waals surface area contributed by atoms with Crippen molar-refractivity contribution in [3.05, 3.63) is 102 Å². The first-order valence-electron chi connectivity index (χ1n) is 12.3. The van der Waals surface area contributed by atoms with Crippen molar-refractivity contribution < 1.29 is 22.4 Å². The van der Waals surface area contributed by atoms with E-state index >= 15 is 0 Å². The lowest BCUT2D eigenvalue weighted by Gasteiger charge is -2.44. The number of aryl methyl sites for hydroxylation is 1. The fraction of sp³-hybridized carbons (Fsp3) is 0.241. The molecule has 198 valence electrons. The molecule has 1 aliphatic rings. The number of benzene rings is 3. The van der Waals surface area contributed by atoms with Crippen LogP contribution in [-0.4, -0.2) is 45.4 Å². The Morgan fingerprint density at radius 1 is 0.868 bits per heavy atom. The fourth-order valence-electron chi connectivity index (χ4n) is 4.91. The van der Waals surface area contributed by atoms with E-state index in [1.54, 1.807) is 12.1 Å². The lowest BCUT2D eigenvalue weighted by atomic mass is 10.1. The molecule has 0 aromatic heterocycles. The van der Waals surface area contributed by atoms with Gasteiger partial charge < -0.3 is 10.2 Å². The van der Waals surface area contributed by atoms with E-state index in [4.69, 9.17) is 10.2 Å². The first-order valence-corrected chi connectivity index (χ1v) is 15.7. The molecule has 1 heterocycles. The summed E-state index contributed by atoms with van der Waals surface area (Å²) in [5.74, 6) is -1.54. The van der Waals surface area contributed by atoms with Gasteiger partial charge in [-0.15, -0.1) is 0 Å². The Bertz CT molecular complexity index is 1430. The van der Waals surface area contributed by atoms with Crippen LogP contribution < -0.4 is 16.1 Å². The van der Waals surface area contributed by atoms with Gasteiger partial charge in [0.2, 0.25) is 0 Å². The van der Waals surface area contributed by atoms with E-state index in [2.05, 4.69) is 20.8 Å². The molecule has 2 N–H and O–H groups in total. The Morgan fingerprint density at radius 3 is 1.84 bits per heavy atom. The number of ketones is 1. The first-order chi connectivity index (χ1) is 17.9. The zero-order valence-corrected chi connectivity index (χ0v) is 23.7. The van der Waals surface area contributed by atoms with Crippen molar-refractivity contribution in [2.24, 2.45) is 5.73 Å². The highest BCUT2D eigenvalue weighted by Crippen LogP contribution is 2.37. The van der Waals surface area contributed by atoms with Crippen LogP contribution in [0.3, 0.4) is 0 Å². The van der Waals surface area contributed by atoms with E-state index in [-0.39, 0.29) is 11.5 Å². The number of sulfonamides is 1. The summed E-state index contributed by atoms with van der Waals surface area (Å²) in [6.07, 6.45) is 1.00. The zero-order valence-electron chi connectivity index (χ0n) is 21.9. The predicted octanol–water partition coefficient (Wildman–Crippen LogP) is 2.88.